The molecule has 6 heteroatoms. The van der Waals surface area contributed by atoms with E-state index < -0.39 is 0 Å². The number of hydrogen-bond acceptors (Lipinski definition) is 5. The van der Waals surface area contributed by atoms with Gasteiger partial charge in [-0.2, -0.15) is 0 Å². The lowest BCUT2D eigenvalue weighted by molar-refractivity contribution is 0.170. The molecule has 0 radical (unpaired) electrons. The molecule has 2 aromatic rings. The van der Waals surface area contributed by atoms with E-state index in [2.05, 4.69) is 17.3 Å². The van der Waals surface area contributed by atoms with Gasteiger partial charge in [-0.1, -0.05) is 13.8 Å². The molecule has 0 atom stereocenters. The molecule has 1 N–H and O–H groups in total. The van der Waals surface area contributed by atoms with Crippen LogP contribution in [0.5, 0.6) is 11.5 Å². The molecule has 0 amide bonds. The van der Waals surface area contributed by atoms with Gasteiger partial charge in [0.15, 0.2) is 0 Å². The fourth-order valence-corrected chi connectivity index (χ4v) is 3.31. The monoisotopic (exact) mass is 387 g/mol. The summed E-state index contributed by atoms with van der Waals surface area (Å²) >= 11 is 0. The smallest absolute Gasteiger partial charge is 0.253 e. The number of pyridine rings is 1. The van der Waals surface area contributed by atoms with Crippen LogP contribution in [0.2, 0.25) is 0 Å². The maximum Gasteiger partial charge on any atom is 0.253 e. The third-order valence-corrected chi connectivity index (χ3v) is 5.09. The second-order valence-electron chi connectivity index (χ2n) is 6.91. The van der Waals surface area contributed by atoms with E-state index in [-0.39, 0.29) is 5.56 Å². The Morgan fingerprint density at radius 1 is 1.11 bits per heavy atom. The van der Waals surface area contributed by atoms with E-state index in [9.17, 15) is 4.79 Å². The quantitative estimate of drug-likeness (QED) is 0.826. The number of likely N-dealkylation sites (N-methyl/N-ethyl adjacent to an activating group) is 1. The molecule has 1 saturated heterocycles. The molecule has 6 nitrogen and oxygen atoms in total. The number of hydrogen-bond donors (Lipinski definition) is 1. The van der Waals surface area contributed by atoms with Crippen molar-refractivity contribution in [2.24, 2.45) is 7.05 Å². The third kappa shape index (κ3) is 4.56. The molecule has 1 aliphatic heterocycles. The first-order valence-electron chi connectivity index (χ1n) is 9.78. The predicted molar refractivity (Wildman–Crippen MR) is 114 cm³/mol. The number of rotatable bonds is 6. The molecule has 1 aromatic heterocycles. The Hall–Kier alpha value is -2.31. The zero-order chi connectivity index (χ0) is 20.8. The van der Waals surface area contributed by atoms with Crippen molar-refractivity contribution < 1.29 is 9.47 Å². The number of aryl methyl sites for hydroxylation is 2. The first kappa shape index (κ1) is 22.0. The lowest BCUT2D eigenvalue weighted by atomic mass is 10.0. The number of ether oxygens (including phenoxy) is 2. The highest BCUT2D eigenvalue weighted by molar-refractivity contribution is 5.69. The molecule has 28 heavy (non-hydrogen) atoms. The van der Waals surface area contributed by atoms with E-state index in [0.29, 0.717) is 11.6 Å². The molecule has 1 fully saturated rings. The Bertz CT molecular complexity index is 805. The van der Waals surface area contributed by atoms with Crippen molar-refractivity contribution in [1.29, 1.82) is 0 Å². The van der Waals surface area contributed by atoms with E-state index in [4.69, 9.17) is 9.47 Å². The third-order valence-electron chi connectivity index (χ3n) is 5.09. The molecule has 0 aliphatic carbocycles. The zero-order valence-electron chi connectivity index (χ0n) is 18.1. The summed E-state index contributed by atoms with van der Waals surface area (Å²) < 4.78 is 13.0. The lowest BCUT2D eigenvalue weighted by Gasteiger charge is -2.36. The van der Waals surface area contributed by atoms with Crippen LogP contribution in [-0.4, -0.2) is 49.9 Å². The standard InChI is InChI=1S/C20H27N3O3.C2H6/c1-13-6-15(11-23(3)20(13)24)14-7-18(25-4)17(19(8-14)26-5)12-22(2)16-9-21-10-16;1-2/h6-8,11,16,21H,9-10,12H2,1-5H3;1-2H3. The van der Waals surface area contributed by atoms with Crippen molar-refractivity contribution in [3.05, 3.63) is 45.9 Å². The van der Waals surface area contributed by atoms with Crippen LogP contribution in [0, 0.1) is 6.92 Å². The Labute approximate surface area is 168 Å². The van der Waals surface area contributed by atoms with Gasteiger partial charge in [-0.05, 0) is 43.3 Å². The van der Waals surface area contributed by atoms with E-state index in [1.54, 1.807) is 25.8 Å². The molecular weight excluding hydrogens is 354 g/mol. The average molecular weight is 388 g/mol. The minimum Gasteiger partial charge on any atom is -0.496 e. The van der Waals surface area contributed by atoms with Crippen LogP contribution in [-0.2, 0) is 13.6 Å². The van der Waals surface area contributed by atoms with Crippen molar-refractivity contribution in [2.45, 2.75) is 33.4 Å². The molecule has 2 heterocycles. The summed E-state index contributed by atoms with van der Waals surface area (Å²) in [4.78, 5) is 14.3. The van der Waals surface area contributed by atoms with E-state index >= 15 is 0 Å². The number of nitrogens with one attached hydrogen (secondary N) is 1. The minimum atomic E-state index is 0.0139. The lowest BCUT2D eigenvalue weighted by Crippen LogP contribution is -2.55. The van der Waals surface area contributed by atoms with Crippen LogP contribution >= 0.6 is 0 Å². The molecular formula is C22H33N3O3. The van der Waals surface area contributed by atoms with Gasteiger partial charge in [-0.15, -0.1) is 0 Å². The Kier molecular flexibility index (Phi) is 7.66. The van der Waals surface area contributed by atoms with Crippen molar-refractivity contribution in [1.82, 2.24) is 14.8 Å². The molecule has 154 valence electrons. The van der Waals surface area contributed by atoms with E-state index in [1.807, 2.05) is 45.2 Å². The molecule has 3 rings (SSSR count). The molecule has 0 bridgehead atoms. The van der Waals surface area contributed by atoms with Gasteiger partial charge in [-0.3, -0.25) is 9.69 Å². The van der Waals surface area contributed by atoms with Gasteiger partial charge in [0.05, 0.1) is 19.8 Å². The Morgan fingerprint density at radius 2 is 1.68 bits per heavy atom. The Balaban J connectivity index is 0.00000136. The molecule has 0 saturated carbocycles. The highest BCUT2D eigenvalue weighted by Crippen LogP contribution is 2.36. The van der Waals surface area contributed by atoms with Crippen molar-refractivity contribution in [3.63, 3.8) is 0 Å². The van der Waals surface area contributed by atoms with Gasteiger partial charge in [0.1, 0.15) is 11.5 Å². The summed E-state index contributed by atoms with van der Waals surface area (Å²) in [5.74, 6) is 1.59. The minimum absolute atomic E-state index is 0.0139. The fraction of sp³-hybridized carbons (Fsp3) is 0.500. The number of benzene rings is 1. The van der Waals surface area contributed by atoms with Crippen LogP contribution < -0.4 is 20.3 Å². The summed E-state index contributed by atoms with van der Waals surface area (Å²) in [6.07, 6.45) is 1.84. The van der Waals surface area contributed by atoms with Gasteiger partial charge in [-0.25, -0.2) is 0 Å². The molecule has 0 unspecified atom stereocenters. The van der Waals surface area contributed by atoms with E-state index in [0.717, 1.165) is 47.8 Å². The molecule has 1 aromatic carbocycles. The maximum absolute atomic E-state index is 12.0. The second kappa shape index (κ2) is 9.75. The molecule has 0 spiro atoms. The first-order chi connectivity index (χ1) is 13.4. The second-order valence-corrected chi connectivity index (χ2v) is 6.91. The Morgan fingerprint density at radius 3 is 2.11 bits per heavy atom. The number of aromatic nitrogens is 1. The summed E-state index contributed by atoms with van der Waals surface area (Å²) in [5, 5.41) is 3.30. The van der Waals surface area contributed by atoms with Crippen LogP contribution in [0.15, 0.2) is 29.2 Å². The summed E-state index contributed by atoms with van der Waals surface area (Å²) in [6.45, 7) is 8.61. The first-order valence-corrected chi connectivity index (χ1v) is 9.78. The summed E-state index contributed by atoms with van der Waals surface area (Å²) in [6, 6.07) is 6.48. The van der Waals surface area contributed by atoms with Gasteiger partial charge >= 0.3 is 0 Å². The van der Waals surface area contributed by atoms with Gasteiger partial charge in [0, 0.05) is 44.5 Å². The normalized spacial score (nSPS) is 13.6. The number of nitrogens with zero attached hydrogens (tertiary/aromatic N) is 2. The topological polar surface area (TPSA) is 55.7 Å². The summed E-state index contributed by atoms with van der Waals surface area (Å²) in [5.41, 5.74) is 3.69. The van der Waals surface area contributed by atoms with Gasteiger partial charge < -0.3 is 19.4 Å². The van der Waals surface area contributed by atoms with E-state index in [1.165, 1.54) is 0 Å². The SMILES string of the molecule is CC.COc1cc(-c2cc(C)c(=O)n(C)c2)cc(OC)c1CN(C)C1CNC1. The predicted octanol–water partition coefficient (Wildman–Crippen LogP) is 2.81. The van der Waals surface area contributed by atoms with Crippen LogP contribution in [0.3, 0.4) is 0 Å². The summed E-state index contributed by atoms with van der Waals surface area (Å²) in [7, 11) is 7.25. The fourth-order valence-electron chi connectivity index (χ4n) is 3.31. The van der Waals surface area contributed by atoms with Crippen LogP contribution in [0.25, 0.3) is 11.1 Å². The van der Waals surface area contributed by atoms with Gasteiger partial charge in [0.25, 0.3) is 5.56 Å². The van der Waals surface area contributed by atoms with Crippen LogP contribution in [0.4, 0.5) is 0 Å². The average Bonchev–Trinajstić information content (AvgIpc) is 2.65. The zero-order valence-corrected chi connectivity index (χ0v) is 18.1. The van der Waals surface area contributed by atoms with Crippen molar-refractivity contribution >= 4 is 0 Å². The van der Waals surface area contributed by atoms with Crippen molar-refractivity contribution in [3.8, 4) is 22.6 Å². The number of methoxy groups -OCH3 is 2. The van der Waals surface area contributed by atoms with Gasteiger partial charge in [0.2, 0.25) is 0 Å². The largest absolute Gasteiger partial charge is 0.496 e. The highest BCUT2D eigenvalue weighted by atomic mass is 16.5. The highest BCUT2D eigenvalue weighted by Gasteiger charge is 2.24. The molecule has 1 aliphatic rings. The van der Waals surface area contributed by atoms with Crippen molar-refractivity contribution in [2.75, 3.05) is 34.4 Å². The maximum atomic E-state index is 12.0. The van der Waals surface area contributed by atoms with Crippen LogP contribution in [0.1, 0.15) is 25.0 Å².